The summed E-state index contributed by atoms with van der Waals surface area (Å²) in [4.78, 5) is 4.09. The summed E-state index contributed by atoms with van der Waals surface area (Å²) in [5.74, 6) is 0.415. The summed E-state index contributed by atoms with van der Waals surface area (Å²) in [7, 11) is 0. The molecule has 1 heterocycles. The summed E-state index contributed by atoms with van der Waals surface area (Å²) in [5.41, 5.74) is 3.30. The number of phenols is 1. The number of hydrogen-bond donors (Lipinski definition) is 2. The Morgan fingerprint density at radius 1 is 1.24 bits per heavy atom. The van der Waals surface area contributed by atoms with Crippen molar-refractivity contribution < 1.29 is 5.11 Å². The van der Waals surface area contributed by atoms with Crippen LogP contribution < -0.4 is 5.32 Å². The standard InChI is InChI=1S/C14H14N2O/c17-14-5-1-4-11-12(14)6-7-13(11)16-10-3-2-8-15-9-10/h1-5,8-9,13,16-17H,6-7H2. The van der Waals surface area contributed by atoms with Crippen molar-refractivity contribution in [3.8, 4) is 5.75 Å². The van der Waals surface area contributed by atoms with E-state index in [2.05, 4.69) is 16.4 Å². The van der Waals surface area contributed by atoms with E-state index in [4.69, 9.17) is 0 Å². The van der Waals surface area contributed by atoms with Crippen molar-refractivity contribution >= 4 is 5.69 Å². The second-order valence-corrected chi connectivity index (χ2v) is 4.32. The highest BCUT2D eigenvalue weighted by Crippen LogP contribution is 2.37. The maximum atomic E-state index is 9.78. The van der Waals surface area contributed by atoms with Gasteiger partial charge in [0.15, 0.2) is 0 Å². The van der Waals surface area contributed by atoms with Gasteiger partial charge < -0.3 is 10.4 Å². The zero-order valence-electron chi connectivity index (χ0n) is 9.43. The Morgan fingerprint density at radius 3 is 3.00 bits per heavy atom. The summed E-state index contributed by atoms with van der Waals surface area (Å²) < 4.78 is 0. The predicted molar refractivity (Wildman–Crippen MR) is 67.0 cm³/mol. The second kappa shape index (κ2) is 4.09. The first kappa shape index (κ1) is 10.1. The molecule has 0 fully saturated rings. The summed E-state index contributed by atoms with van der Waals surface area (Å²) in [5, 5.41) is 13.2. The Kier molecular flexibility index (Phi) is 2.44. The number of pyridine rings is 1. The van der Waals surface area contributed by atoms with E-state index >= 15 is 0 Å². The topological polar surface area (TPSA) is 45.1 Å². The third-order valence-electron chi connectivity index (χ3n) is 3.25. The first-order chi connectivity index (χ1) is 8.34. The largest absolute Gasteiger partial charge is 0.508 e. The average molecular weight is 226 g/mol. The fraction of sp³-hybridized carbons (Fsp3) is 0.214. The molecule has 0 radical (unpaired) electrons. The molecule has 2 aromatic rings. The highest BCUT2D eigenvalue weighted by molar-refractivity contribution is 5.50. The lowest BCUT2D eigenvalue weighted by Crippen LogP contribution is -2.06. The molecule has 1 aliphatic rings. The smallest absolute Gasteiger partial charge is 0.119 e. The zero-order chi connectivity index (χ0) is 11.7. The van der Waals surface area contributed by atoms with Crippen LogP contribution in [0.15, 0.2) is 42.7 Å². The molecule has 86 valence electrons. The molecule has 0 spiro atoms. The molecular weight excluding hydrogens is 212 g/mol. The highest BCUT2D eigenvalue weighted by atomic mass is 16.3. The lowest BCUT2D eigenvalue weighted by molar-refractivity contribution is 0.469. The minimum absolute atomic E-state index is 0.279. The number of aromatic nitrogens is 1. The molecule has 1 aromatic heterocycles. The third kappa shape index (κ3) is 1.84. The number of anilines is 1. The van der Waals surface area contributed by atoms with E-state index in [-0.39, 0.29) is 6.04 Å². The lowest BCUT2D eigenvalue weighted by Gasteiger charge is -2.15. The van der Waals surface area contributed by atoms with E-state index in [0.29, 0.717) is 5.75 Å². The van der Waals surface area contributed by atoms with Gasteiger partial charge in [0.25, 0.3) is 0 Å². The van der Waals surface area contributed by atoms with Crippen molar-refractivity contribution in [1.29, 1.82) is 0 Å². The molecule has 0 saturated carbocycles. The van der Waals surface area contributed by atoms with Gasteiger partial charge in [-0.15, -0.1) is 0 Å². The van der Waals surface area contributed by atoms with Crippen LogP contribution in [0.25, 0.3) is 0 Å². The molecule has 1 aromatic carbocycles. The molecule has 0 amide bonds. The van der Waals surface area contributed by atoms with Crippen LogP contribution in [0.5, 0.6) is 5.75 Å². The van der Waals surface area contributed by atoms with Crippen LogP contribution in [-0.4, -0.2) is 10.1 Å². The van der Waals surface area contributed by atoms with Crippen LogP contribution in [0.1, 0.15) is 23.6 Å². The van der Waals surface area contributed by atoms with Crippen LogP contribution in [0.3, 0.4) is 0 Å². The van der Waals surface area contributed by atoms with Crippen molar-refractivity contribution in [2.24, 2.45) is 0 Å². The molecule has 17 heavy (non-hydrogen) atoms. The fourth-order valence-electron chi connectivity index (χ4n) is 2.43. The third-order valence-corrected chi connectivity index (χ3v) is 3.25. The van der Waals surface area contributed by atoms with Crippen LogP contribution in [0.2, 0.25) is 0 Å². The van der Waals surface area contributed by atoms with E-state index in [0.717, 1.165) is 24.1 Å². The molecule has 0 aliphatic heterocycles. The van der Waals surface area contributed by atoms with Gasteiger partial charge in [0.1, 0.15) is 5.75 Å². The number of nitrogens with zero attached hydrogens (tertiary/aromatic N) is 1. The number of hydrogen-bond acceptors (Lipinski definition) is 3. The monoisotopic (exact) mass is 226 g/mol. The van der Waals surface area contributed by atoms with Crippen molar-refractivity contribution in [2.45, 2.75) is 18.9 Å². The first-order valence-corrected chi connectivity index (χ1v) is 5.82. The Balaban J connectivity index is 1.87. The molecule has 1 aliphatic carbocycles. The maximum absolute atomic E-state index is 9.78. The predicted octanol–water partition coefficient (Wildman–Crippen LogP) is 2.89. The van der Waals surface area contributed by atoms with Crippen LogP contribution in [-0.2, 0) is 6.42 Å². The van der Waals surface area contributed by atoms with E-state index in [9.17, 15) is 5.11 Å². The fourth-order valence-corrected chi connectivity index (χ4v) is 2.43. The molecule has 3 rings (SSSR count). The Hall–Kier alpha value is -2.03. The van der Waals surface area contributed by atoms with Gasteiger partial charge in [0, 0.05) is 12.4 Å². The van der Waals surface area contributed by atoms with Gasteiger partial charge in [-0.2, -0.15) is 0 Å². The minimum Gasteiger partial charge on any atom is -0.508 e. The van der Waals surface area contributed by atoms with Crippen molar-refractivity contribution in [1.82, 2.24) is 4.98 Å². The van der Waals surface area contributed by atoms with E-state index in [1.807, 2.05) is 24.4 Å². The summed E-state index contributed by atoms with van der Waals surface area (Å²) in [6, 6.07) is 9.94. The number of nitrogens with one attached hydrogen (secondary N) is 1. The average Bonchev–Trinajstić information content (AvgIpc) is 2.76. The maximum Gasteiger partial charge on any atom is 0.119 e. The Morgan fingerprint density at radius 2 is 2.18 bits per heavy atom. The first-order valence-electron chi connectivity index (χ1n) is 5.82. The normalized spacial score (nSPS) is 17.8. The Bertz CT molecular complexity index is 525. The van der Waals surface area contributed by atoms with Crippen LogP contribution >= 0.6 is 0 Å². The highest BCUT2D eigenvalue weighted by Gasteiger charge is 2.24. The number of rotatable bonds is 2. The number of benzene rings is 1. The second-order valence-electron chi connectivity index (χ2n) is 4.32. The minimum atomic E-state index is 0.279. The number of fused-ring (bicyclic) bond motifs is 1. The molecule has 3 heteroatoms. The van der Waals surface area contributed by atoms with Gasteiger partial charge >= 0.3 is 0 Å². The van der Waals surface area contributed by atoms with Gasteiger partial charge in [0.2, 0.25) is 0 Å². The van der Waals surface area contributed by atoms with Gasteiger partial charge in [-0.25, -0.2) is 0 Å². The molecule has 3 nitrogen and oxygen atoms in total. The summed E-state index contributed by atoms with van der Waals surface area (Å²) in [6.07, 6.45) is 5.53. The number of phenolic OH excluding ortho intramolecular Hbond substituents is 1. The molecule has 0 saturated heterocycles. The van der Waals surface area contributed by atoms with Gasteiger partial charge in [-0.1, -0.05) is 12.1 Å². The molecule has 0 bridgehead atoms. The van der Waals surface area contributed by atoms with Crippen molar-refractivity contribution in [3.05, 3.63) is 53.9 Å². The van der Waals surface area contributed by atoms with E-state index in [1.54, 1.807) is 12.3 Å². The van der Waals surface area contributed by atoms with E-state index in [1.165, 1.54) is 5.56 Å². The molecule has 1 atom stereocenters. The Labute approximate surface area is 100 Å². The quantitative estimate of drug-likeness (QED) is 0.827. The van der Waals surface area contributed by atoms with Gasteiger partial charge in [-0.05, 0) is 42.2 Å². The van der Waals surface area contributed by atoms with Crippen LogP contribution in [0.4, 0.5) is 5.69 Å². The molecular formula is C14H14N2O. The van der Waals surface area contributed by atoms with Crippen molar-refractivity contribution in [2.75, 3.05) is 5.32 Å². The lowest BCUT2D eigenvalue weighted by atomic mass is 10.1. The number of aromatic hydroxyl groups is 1. The van der Waals surface area contributed by atoms with Crippen molar-refractivity contribution in [3.63, 3.8) is 0 Å². The SMILES string of the molecule is Oc1cccc2c1CCC2Nc1cccnc1. The summed E-state index contributed by atoms with van der Waals surface area (Å²) >= 11 is 0. The van der Waals surface area contributed by atoms with Gasteiger partial charge in [0.05, 0.1) is 11.7 Å². The van der Waals surface area contributed by atoms with Gasteiger partial charge in [-0.3, -0.25) is 4.98 Å². The molecule has 2 N–H and O–H groups in total. The zero-order valence-corrected chi connectivity index (χ0v) is 9.43. The van der Waals surface area contributed by atoms with Crippen LogP contribution in [0, 0.1) is 0 Å². The van der Waals surface area contributed by atoms with E-state index < -0.39 is 0 Å². The summed E-state index contributed by atoms with van der Waals surface area (Å²) in [6.45, 7) is 0. The molecule has 1 unspecified atom stereocenters.